The van der Waals surface area contributed by atoms with Gasteiger partial charge in [0.05, 0.1) is 17.6 Å². The zero-order chi connectivity index (χ0) is 17.1. The van der Waals surface area contributed by atoms with Gasteiger partial charge in [0.1, 0.15) is 17.7 Å². The third-order valence-electron chi connectivity index (χ3n) is 4.69. The van der Waals surface area contributed by atoms with Gasteiger partial charge in [0, 0.05) is 13.2 Å². The van der Waals surface area contributed by atoms with Crippen molar-refractivity contribution in [2.75, 3.05) is 13.2 Å². The molecule has 4 nitrogen and oxygen atoms in total. The summed E-state index contributed by atoms with van der Waals surface area (Å²) in [5.41, 5.74) is 3.45. The summed E-state index contributed by atoms with van der Waals surface area (Å²) in [6, 6.07) is 16.5. The van der Waals surface area contributed by atoms with E-state index in [1.807, 2.05) is 18.2 Å². The van der Waals surface area contributed by atoms with Crippen LogP contribution in [0.3, 0.4) is 0 Å². The summed E-state index contributed by atoms with van der Waals surface area (Å²) < 4.78 is 14.1. The van der Waals surface area contributed by atoms with Gasteiger partial charge >= 0.3 is 0 Å². The summed E-state index contributed by atoms with van der Waals surface area (Å²) in [6.07, 6.45) is 3.24. The first-order valence-electron chi connectivity index (χ1n) is 9.07. The van der Waals surface area contributed by atoms with Crippen molar-refractivity contribution in [3.8, 4) is 5.75 Å². The smallest absolute Gasteiger partial charge is 0.139 e. The standard InChI is InChI=1S/C21H24N2O2/c1-16-7-4-8-17(15-16)24-14-6-12-23-19-10-3-2-9-18(19)22-21(23)20-11-5-13-25-20/h2-4,7-10,15,20H,5-6,11-14H2,1H3/t20-/m1/s1. The van der Waals surface area contributed by atoms with Gasteiger partial charge in [-0.3, -0.25) is 0 Å². The quantitative estimate of drug-likeness (QED) is 0.614. The predicted molar refractivity (Wildman–Crippen MR) is 99.0 cm³/mol. The highest BCUT2D eigenvalue weighted by Crippen LogP contribution is 2.30. The maximum atomic E-state index is 5.90. The first kappa shape index (κ1) is 16.2. The van der Waals surface area contributed by atoms with E-state index in [1.54, 1.807) is 0 Å². The summed E-state index contributed by atoms with van der Waals surface area (Å²) in [5.74, 6) is 2.00. The Hall–Kier alpha value is -2.33. The number of benzene rings is 2. The number of hydrogen-bond donors (Lipinski definition) is 0. The molecule has 130 valence electrons. The number of aryl methyl sites for hydroxylation is 2. The number of para-hydroxylation sites is 2. The maximum absolute atomic E-state index is 5.90. The Kier molecular flexibility index (Phi) is 4.70. The molecule has 1 atom stereocenters. The van der Waals surface area contributed by atoms with Crippen molar-refractivity contribution < 1.29 is 9.47 Å². The minimum absolute atomic E-state index is 0.130. The highest BCUT2D eigenvalue weighted by atomic mass is 16.5. The lowest BCUT2D eigenvalue weighted by molar-refractivity contribution is 0.102. The molecule has 4 heteroatoms. The SMILES string of the molecule is Cc1cccc(OCCCn2c([C@H]3CCCO3)nc3ccccc32)c1. The maximum Gasteiger partial charge on any atom is 0.139 e. The fourth-order valence-electron chi connectivity index (χ4n) is 3.47. The van der Waals surface area contributed by atoms with Gasteiger partial charge in [0.25, 0.3) is 0 Å². The van der Waals surface area contributed by atoms with Crippen molar-refractivity contribution >= 4 is 11.0 Å². The van der Waals surface area contributed by atoms with Crippen molar-refractivity contribution in [2.45, 2.75) is 38.8 Å². The van der Waals surface area contributed by atoms with Crippen LogP contribution in [0.2, 0.25) is 0 Å². The highest BCUT2D eigenvalue weighted by molar-refractivity contribution is 5.76. The molecule has 2 heterocycles. The van der Waals surface area contributed by atoms with Gasteiger partial charge in [-0.2, -0.15) is 0 Å². The van der Waals surface area contributed by atoms with Gasteiger partial charge in [-0.25, -0.2) is 4.98 Å². The van der Waals surface area contributed by atoms with Crippen molar-refractivity contribution in [2.24, 2.45) is 0 Å². The number of aromatic nitrogens is 2. The van der Waals surface area contributed by atoms with Crippen LogP contribution in [0.4, 0.5) is 0 Å². The van der Waals surface area contributed by atoms with E-state index in [9.17, 15) is 0 Å². The van der Waals surface area contributed by atoms with E-state index in [2.05, 4.69) is 41.8 Å². The van der Waals surface area contributed by atoms with E-state index in [1.165, 1.54) is 11.1 Å². The average Bonchev–Trinajstić information content (AvgIpc) is 3.26. The molecule has 0 unspecified atom stereocenters. The summed E-state index contributed by atoms with van der Waals surface area (Å²) in [5, 5.41) is 0. The number of hydrogen-bond acceptors (Lipinski definition) is 3. The first-order valence-corrected chi connectivity index (χ1v) is 9.07. The molecule has 1 fully saturated rings. The van der Waals surface area contributed by atoms with Gasteiger partial charge in [-0.1, -0.05) is 24.3 Å². The largest absolute Gasteiger partial charge is 0.494 e. The molecule has 3 aromatic rings. The average molecular weight is 336 g/mol. The summed E-state index contributed by atoms with van der Waals surface area (Å²) in [6.45, 7) is 4.51. The molecule has 0 amide bonds. The number of nitrogens with zero attached hydrogens (tertiary/aromatic N) is 2. The second-order valence-corrected chi connectivity index (χ2v) is 6.63. The monoisotopic (exact) mass is 336 g/mol. The van der Waals surface area contributed by atoms with Crippen LogP contribution in [-0.2, 0) is 11.3 Å². The first-order chi connectivity index (χ1) is 12.3. The second-order valence-electron chi connectivity index (χ2n) is 6.63. The number of fused-ring (bicyclic) bond motifs is 1. The van der Waals surface area contributed by atoms with E-state index in [0.717, 1.165) is 49.5 Å². The lowest BCUT2D eigenvalue weighted by Gasteiger charge is -2.14. The van der Waals surface area contributed by atoms with E-state index in [-0.39, 0.29) is 6.10 Å². The van der Waals surface area contributed by atoms with Gasteiger partial charge in [0.15, 0.2) is 0 Å². The molecule has 0 saturated carbocycles. The number of imidazole rings is 1. The molecular formula is C21H24N2O2. The van der Waals surface area contributed by atoms with Crippen LogP contribution in [0.1, 0.15) is 36.8 Å². The van der Waals surface area contributed by atoms with Gasteiger partial charge in [-0.15, -0.1) is 0 Å². The van der Waals surface area contributed by atoms with Crippen molar-refractivity contribution in [1.29, 1.82) is 0 Å². The third kappa shape index (κ3) is 3.54. The predicted octanol–water partition coefficient (Wildman–Crippen LogP) is 4.67. The molecule has 0 spiro atoms. The number of rotatable bonds is 6. The summed E-state index contributed by atoms with van der Waals surface area (Å²) in [7, 11) is 0. The molecular weight excluding hydrogens is 312 g/mol. The van der Waals surface area contributed by atoms with Gasteiger partial charge in [-0.05, 0) is 56.0 Å². The Morgan fingerprint density at radius 2 is 2.12 bits per heavy atom. The van der Waals surface area contributed by atoms with Crippen LogP contribution in [0.15, 0.2) is 48.5 Å². The molecule has 0 N–H and O–H groups in total. The molecule has 0 radical (unpaired) electrons. The molecule has 25 heavy (non-hydrogen) atoms. The minimum Gasteiger partial charge on any atom is -0.494 e. The lowest BCUT2D eigenvalue weighted by atomic mass is 10.2. The normalized spacial score (nSPS) is 17.2. The molecule has 0 aliphatic carbocycles. The lowest BCUT2D eigenvalue weighted by Crippen LogP contribution is -2.11. The Balaban J connectivity index is 1.47. The van der Waals surface area contributed by atoms with Crippen LogP contribution >= 0.6 is 0 Å². The molecule has 2 aromatic carbocycles. The summed E-state index contributed by atoms with van der Waals surface area (Å²) >= 11 is 0. The third-order valence-corrected chi connectivity index (χ3v) is 4.69. The number of ether oxygens (including phenoxy) is 2. The van der Waals surface area contributed by atoms with Crippen molar-refractivity contribution in [3.05, 3.63) is 59.9 Å². The Bertz CT molecular complexity index is 850. The Labute approximate surface area is 148 Å². The van der Waals surface area contributed by atoms with Crippen molar-refractivity contribution in [1.82, 2.24) is 9.55 Å². The minimum atomic E-state index is 0.130. The van der Waals surface area contributed by atoms with E-state index in [0.29, 0.717) is 6.61 Å². The summed E-state index contributed by atoms with van der Waals surface area (Å²) in [4.78, 5) is 4.84. The van der Waals surface area contributed by atoms with E-state index < -0.39 is 0 Å². The Morgan fingerprint density at radius 3 is 2.96 bits per heavy atom. The molecule has 1 aromatic heterocycles. The fraction of sp³-hybridized carbons (Fsp3) is 0.381. The van der Waals surface area contributed by atoms with Gasteiger partial charge < -0.3 is 14.0 Å². The topological polar surface area (TPSA) is 36.3 Å². The van der Waals surface area contributed by atoms with Crippen LogP contribution < -0.4 is 4.74 Å². The van der Waals surface area contributed by atoms with Crippen LogP contribution in [-0.4, -0.2) is 22.8 Å². The van der Waals surface area contributed by atoms with Crippen LogP contribution in [0, 0.1) is 6.92 Å². The second kappa shape index (κ2) is 7.28. The van der Waals surface area contributed by atoms with E-state index >= 15 is 0 Å². The van der Waals surface area contributed by atoms with Crippen LogP contribution in [0.5, 0.6) is 5.75 Å². The molecule has 0 bridgehead atoms. The molecule has 1 saturated heterocycles. The Morgan fingerprint density at radius 1 is 1.20 bits per heavy atom. The molecule has 1 aliphatic heterocycles. The highest BCUT2D eigenvalue weighted by Gasteiger charge is 2.24. The molecule has 4 rings (SSSR count). The zero-order valence-electron chi connectivity index (χ0n) is 14.6. The molecule has 1 aliphatic rings. The van der Waals surface area contributed by atoms with Crippen molar-refractivity contribution in [3.63, 3.8) is 0 Å². The van der Waals surface area contributed by atoms with Gasteiger partial charge in [0.2, 0.25) is 0 Å². The van der Waals surface area contributed by atoms with Crippen LogP contribution in [0.25, 0.3) is 11.0 Å². The fourth-order valence-corrected chi connectivity index (χ4v) is 3.47. The zero-order valence-corrected chi connectivity index (χ0v) is 14.6. The van der Waals surface area contributed by atoms with E-state index in [4.69, 9.17) is 14.5 Å².